The predicted octanol–water partition coefficient (Wildman–Crippen LogP) is 2.44. The van der Waals surface area contributed by atoms with E-state index in [0.29, 0.717) is 17.5 Å². The smallest absolute Gasteiger partial charge is 0.210 e. The Hall–Kier alpha value is -1.89. The van der Waals surface area contributed by atoms with Crippen molar-refractivity contribution in [3.8, 4) is 5.75 Å². The number of carbonyl (C=O) groups excluding carboxylic acids is 1. The summed E-state index contributed by atoms with van der Waals surface area (Å²) in [5.74, 6) is 1.36. The van der Waals surface area contributed by atoms with Crippen molar-refractivity contribution in [1.29, 1.82) is 0 Å². The Balaban J connectivity index is 2.01. The fourth-order valence-corrected chi connectivity index (χ4v) is 2.69. The van der Waals surface area contributed by atoms with Crippen molar-refractivity contribution in [3.63, 3.8) is 0 Å². The monoisotopic (exact) mass is 320 g/mol. The van der Waals surface area contributed by atoms with Crippen LogP contribution in [-0.4, -0.2) is 38.9 Å². The first-order valence-electron chi connectivity index (χ1n) is 6.95. The molecule has 0 fully saturated rings. The zero-order valence-corrected chi connectivity index (χ0v) is 14.1. The van der Waals surface area contributed by atoms with Crippen LogP contribution >= 0.6 is 11.8 Å². The van der Waals surface area contributed by atoms with Crippen LogP contribution < -0.4 is 4.74 Å². The molecule has 0 bridgehead atoms. The number of aromatic nitrogens is 4. The lowest BCUT2D eigenvalue weighted by Gasteiger charge is -2.15. The second-order valence-corrected chi connectivity index (χ2v) is 6.87. The number of ether oxygens (including phenoxy) is 1. The maximum Gasteiger partial charge on any atom is 0.210 e. The molecule has 2 rings (SSSR count). The average Bonchev–Trinajstić information content (AvgIpc) is 2.91. The Morgan fingerprint density at radius 2 is 1.95 bits per heavy atom. The molecule has 1 heterocycles. The van der Waals surface area contributed by atoms with E-state index in [1.54, 1.807) is 11.8 Å². The Labute approximate surface area is 134 Å². The highest BCUT2D eigenvalue weighted by Gasteiger charge is 2.22. The lowest BCUT2D eigenvalue weighted by molar-refractivity contribution is -0.123. The van der Waals surface area contributed by atoms with Crippen LogP contribution in [0.2, 0.25) is 0 Å². The first-order chi connectivity index (χ1) is 10.4. The van der Waals surface area contributed by atoms with Gasteiger partial charge in [-0.25, -0.2) is 4.68 Å². The van der Waals surface area contributed by atoms with Crippen LogP contribution in [0.4, 0.5) is 0 Å². The normalized spacial score (nSPS) is 11.5. The minimum absolute atomic E-state index is 0.177. The largest absolute Gasteiger partial charge is 0.497 e. The van der Waals surface area contributed by atoms with Crippen LogP contribution in [0.1, 0.15) is 26.3 Å². The van der Waals surface area contributed by atoms with E-state index < -0.39 is 0 Å². The number of tetrazole rings is 1. The summed E-state index contributed by atoms with van der Waals surface area (Å²) in [5.41, 5.74) is 0.721. The van der Waals surface area contributed by atoms with Crippen LogP contribution in [0, 0.1) is 5.41 Å². The van der Waals surface area contributed by atoms with Gasteiger partial charge in [-0.05, 0) is 28.1 Å². The molecule has 0 atom stereocenters. The summed E-state index contributed by atoms with van der Waals surface area (Å²) in [4.78, 5) is 12.0. The zero-order chi connectivity index (χ0) is 16.2. The molecule has 0 aliphatic heterocycles. The minimum atomic E-state index is -0.346. The molecule has 22 heavy (non-hydrogen) atoms. The van der Waals surface area contributed by atoms with E-state index in [0.717, 1.165) is 11.3 Å². The highest BCUT2D eigenvalue weighted by Crippen LogP contribution is 2.22. The summed E-state index contributed by atoms with van der Waals surface area (Å²) in [5, 5.41) is 12.3. The number of rotatable bonds is 6. The maximum atomic E-state index is 12.0. The molecule has 0 spiro atoms. The van der Waals surface area contributed by atoms with Gasteiger partial charge >= 0.3 is 0 Å². The van der Waals surface area contributed by atoms with Crippen LogP contribution in [-0.2, 0) is 11.3 Å². The Kier molecular flexibility index (Phi) is 5.18. The van der Waals surface area contributed by atoms with Crippen molar-refractivity contribution in [2.75, 3.05) is 12.9 Å². The van der Waals surface area contributed by atoms with Crippen LogP contribution in [0.5, 0.6) is 5.75 Å². The molecule has 0 amide bonds. The fourth-order valence-electron chi connectivity index (χ4n) is 1.65. The summed E-state index contributed by atoms with van der Waals surface area (Å²) < 4.78 is 6.83. The number of nitrogens with zero attached hydrogens (tertiary/aromatic N) is 4. The summed E-state index contributed by atoms with van der Waals surface area (Å²) in [6, 6.07) is 7.73. The molecule has 118 valence electrons. The third kappa shape index (κ3) is 4.30. The number of thioether (sulfide) groups is 1. The summed E-state index contributed by atoms with van der Waals surface area (Å²) >= 11 is 1.37. The van der Waals surface area contributed by atoms with Gasteiger partial charge in [-0.2, -0.15) is 0 Å². The van der Waals surface area contributed by atoms with Crippen molar-refractivity contribution in [2.24, 2.45) is 5.41 Å². The van der Waals surface area contributed by atoms with Crippen LogP contribution in [0.15, 0.2) is 29.4 Å². The SMILES string of the molecule is COc1ccc(Cn2nnnc2SCC(=O)C(C)(C)C)cc1. The van der Waals surface area contributed by atoms with Gasteiger partial charge in [0.25, 0.3) is 0 Å². The number of methoxy groups -OCH3 is 1. The Morgan fingerprint density at radius 3 is 2.55 bits per heavy atom. The van der Waals surface area contributed by atoms with Gasteiger partial charge in [0.05, 0.1) is 19.4 Å². The molecular weight excluding hydrogens is 300 g/mol. The first-order valence-corrected chi connectivity index (χ1v) is 7.94. The first kappa shape index (κ1) is 16.5. The van der Waals surface area contributed by atoms with Gasteiger partial charge in [0, 0.05) is 5.41 Å². The number of hydrogen-bond acceptors (Lipinski definition) is 6. The molecule has 0 unspecified atom stereocenters. The molecule has 0 radical (unpaired) electrons. The van der Waals surface area contributed by atoms with Crippen molar-refractivity contribution >= 4 is 17.5 Å². The van der Waals surface area contributed by atoms with Gasteiger partial charge in [-0.3, -0.25) is 4.79 Å². The molecule has 1 aromatic heterocycles. The number of benzene rings is 1. The van der Waals surface area contributed by atoms with E-state index in [2.05, 4.69) is 15.5 Å². The summed E-state index contributed by atoms with van der Waals surface area (Å²) in [6.45, 7) is 6.30. The van der Waals surface area contributed by atoms with Gasteiger partial charge in [0.2, 0.25) is 5.16 Å². The van der Waals surface area contributed by atoms with E-state index in [1.807, 2.05) is 45.0 Å². The molecule has 0 aliphatic rings. The van der Waals surface area contributed by atoms with E-state index in [9.17, 15) is 4.79 Å². The van der Waals surface area contributed by atoms with E-state index in [4.69, 9.17) is 4.74 Å². The highest BCUT2D eigenvalue weighted by molar-refractivity contribution is 7.99. The van der Waals surface area contributed by atoms with E-state index in [-0.39, 0.29) is 11.2 Å². The maximum absolute atomic E-state index is 12.0. The van der Waals surface area contributed by atoms with E-state index >= 15 is 0 Å². The summed E-state index contributed by atoms with van der Waals surface area (Å²) in [6.07, 6.45) is 0. The standard InChI is InChI=1S/C15H20N4O2S/c1-15(2,3)13(20)10-22-14-16-17-18-19(14)9-11-5-7-12(21-4)8-6-11/h5-8H,9-10H2,1-4H3. The lowest BCUT2D eigenvalue weighted by Crippen LogP contribution is -2.22. The topological polar surface area (TPSA) is 69.9 Å². The molecule has 0 aliphatic carbocycles. The average molecular weight is 320 g/mol. The van der Waals surface area contributed by atoms with Gasteiger partial charge in [-0.15, -0.1) is 5.10 Å². The third-order valence-electron chi connectivity index (χ3n) is 3.16. The van der Waals surface area contributed by atoms with Crippen molar-refractivity contribution < 1.29 is 9.53 Å². The molecule has 6 nitrogen and oxygen atoms in total. The molecule has 0 saturated carbocycles. The Bertz CT molecular complexity index is 632. The number of Topliss-reactive ketones (excluding diaryl/α,β-unsaturated/α-hetero) is 1. The van der Waals surface area contributed by atoms with Gasteiger partial charge < -0.3 is 4.74 Å². The van der Waals surface area contributed by atoms with E-state index in [1.165, 1.54) is 11.8 Å². The molecule has 0 N–H and O–H groups in total. The second kappa shape index (κ2) is 6.91. The molecular formula is C15H20N4O2S. The quantitative estimate of drug-likeness (QED) is 0.761. The number of hydrogen-bond donors (Lipinski definition) is 0. The number of carbonyl (C=O) groups is 1. The molecule has 1 aromatic carbocycles. The minimum Gasteiger partial charge on any atom is -0.497 e. The second-order valence-electron chi connectivity index (χ2n) is 5.93. The van der Waals surface area contributed by atoms with Crippen molar-refractivity contribution in [3.05, 3.63) is 29.8 Å². The fraction of sp³-hybridized carbons (Fsp3) is 0.467. The van der Waals surface area contributed by atoms with Gasteiger partial charge in [0.1, 0.15) is 11.5 Å². The molecule has 7 heteroatoms. The molecule has 0 saturated heterocycles. The lowest BCUT2D eigenvalue weighted by atomic mass is 9.92. The Morgan fingerprint density at radius 1 is 1.27 bits per heavy atom. The number of ketones is 1. The molecule has 2 aromatic rings. The van der Waals surface area contributed by atoms with Gasteiger partial charge in [-0.1, -0.05) is 44.7 Å². The predicted molar refractivity (Wildman–Crippen MR) is 85.1 cm³/mol. The third-order valence-corrected chi connectivity index (χ3v) is 4.12. The van der Waals surface area contributed by atoms with Crippen molar-refractivity contribution in [1.82, 2.24) is 20.2 Å². The van der Waals surface area contributed by atoms with Crippen molar-refractivity contribution in [2.45, 2.75) is 32.5 Å². The zero-order valence-electron chi connectivity index (χ0n) is 13.2. The van der Waals surface area contributed by atoms with Crippen LogP contribution in [0.3, 0.4) is 0 Å². The highest BCUT2D eigenvalue weighted by atomic mass is 32.2. The summed E-state index contributed by atoms with van der Waals surface area (Å²) in [7, 11) is 1.64. The van der Waals surface area contributed by atoms with Gasteiger partial charge in [0.15, 0.2) is 0 Å². The van der Waals surface area contributed by atoms with Crippen LogP contribution in [0.25, 0.3) is 0 Å².